The van der Waals surface area contributed by atoms with Gasteiger partial charge in [-0.25, -0.2) is 0 Å². The molecule has 210 valence electrons. The number of hydrogen-bond donors (Lipinski definition) is 0. The lowest BCUT2D eigenvalue weighted by atomic mass is 9.37. The summed E-state index contributed by atoms with van der Waals surface area (Å²) in [6.45, 7) is 0.132. The summed E-state index contributed by atoms with van der Waals surface area (Å²) in [5.41, 5.74) is 11.1. The van der Waals surface area contributed by atoms with Crippen molar-refractivity contribution in [3.63, 3.8) is 0 Å². The normalized spacial score (nSPS) is 11.6. The molecule has 2 heterocycles. The summed E-state index contributed by atoms with van der Waals surface area (Å²) in [6, 6.07) is 63.8. The fourth-order valence-corrected chi connectivity index (χ4v) is 7.34. The number of nitrogens with zero attached hydrogens (tertiary/aromatic N) is 2. The Bertz CT molecular complexity index is 2440. The molecule has 0 amide bonds. The monoisotopic (exact) mass is 572 g/mol. The minimum Gasteiger partial charge on any atom is -0.309 e. The third-order valence-corrected chi connectivity index (χ3v) is 9.21. The predicted molar refractivity (Wildman–Crippen MR) is 193 cm³/mol. The van der Waals surface area contributed by atoms with Crippen LogP contribution in [-0.4, -0.2) is 15.8 Å². The zero-order chi connectivity index (χ0) is 29.7. The molecule has 0 aliphatic rings. The first-order valence-electron chi connectivity index (χ1n) is 15.6. The number of hydrogen-bond acceptors (Lipinski definition) is 0. The first kappa shape index (κ1) is 25.7. The van der Waals surface area contributed by atoms with Crippen LogP contribution >= 0.6 is 0 Å². The summed E-state index contributed by atoms with van der Waals surface area (Å²) >= 11 is 0. The molecule has 0 atom stereocenters. The second kappa shape index (κ2) is 10.4. The third-order valence-electron chi connectivity index (χ3n) is 9.21. The Balaban J connectivity index is 1.35. The van der Waals surface area contributed by atoms with Crippen molar-refractivity contribution in [1.82, 2.24) is 9.13 Å². The van der Waals surface area contributed by atoms with Crippen LogP contribution in [0, 0.1) is 0 Å². The lowest BCUT2D eigenvalue weighted by molar-refractivity contribution is 1.18. The van der Waals surface area contributed by atoms with Crippen LogP contribution in [0.4, 0.5) is 0 Å². The molecule has 0 saturated heterocycles. The minimum atomic E-state index is 0.132. The Kier molecular flexibility index (Phi) is 5.95. The molecule has 7 aromatic carbocycles. The van der Waals surface area contributed by atoms with Crippen molar-refractivity contribution in [2.24, 2.45) is 0 Å². The highest BCUT2D eigenvalue weighted by molar-refractivity contribution is 6.95. The van der Waals surface area contributed by atoms with Crippen molar-refractivity contribution in [3.05, 3.63) is 176 Å². The Morgan fingerprint density at radius 1 is 0.333 bits per heavy atom. The van der Waals surface area contributed by atoms with E-state index in [-0.39, 0.29) is 6.71 Å². The van der Waals surface area contributed by atoms with Crippen molar-refractivity contribution in [3.8, 4) is 11.4 Å². The third kappa shape index (κ3) is 4.05. The highest BCUT2D eigenvalue weighted by Crippen LogP contribution is 2.41. The number of aromatic nitrogens is 2. The quantitative estimate of drug-likeness (QED) is 0.183. The van der Waals surface area contributed by atoms with E-state index in [2.05, 4.69) is 185 Å². The fraction of sp³-hybridized carbons (Fsp3) is 0. The average molecular weight is 573 g/mol. The SMILES string of the molecule is c1ccc(B(c2ccccc2)c2cccc(-n3c4ccccc4c4c3ccc3c5ccccc5n(-c5ccccc5)c34)c2)cc1. The van der Waals surface area contributed by atoms with Crippen molar-refractivity contribution in [2.45, 2.75) is 0 Å². The van der Waals surface area contributed by atoms with Gasteiger partial charge >= 0.3 is 0 Å². The van der Waals surface area contributed by atoms with E-state index in [4.69, 9.17) is 0 Å². The Hall–Kier alpha value is -5.80. The van der Waals surface area contributed by atoms with E-state index >= 15 is 0 Å². The van der Waals surface area contributed by atoms with Gasteiger partial charge in [-0.15, -0.1) is 0 Å². The van der Waals surface area contributed by atoms with Crippen LogP contribution in [0.2, 0.25) is 0 Å². The van der Waals surface area contributed by atoms with Gasteiger partial charge < -0.3 is 9.13 Å². The zero-order valence-corrected chi connectivity index (χ0v) is 24.7. The molecule has 0 N–H and O–H groups in total. The van der Waals surface area contributed by atoms with E-state index in [1.807, 2.05) is 0 Å². The molecule has 2 nitrogen and oxygen atoms in total. The Labute approximate surface area is 262 Å². The highest BCUT2D eigenvalue weighted by atomic mass is 15.0. The molecular weight excluding hydrogens is 543 g/mol. The van der Waals surface area contributed by atoms with E-state index < -0.39 is 0 Å². The van der Waals surface area contributed by atoms with Crippen LogP contribution in [0.15, 0.2) is 176 Å². The first-order chi connectivity index (χ1) is 22.4. The van der Waals surface area contributed by atoms with Gasteiger partial charge in [-0.2, -0.15) is 0 Å². The van der Waals surface area contributed by atoms with Crippen molar-refractivity contribution in [2.75, 3.05) is 0 Å². The van der Waals surface area contributed by atoms with E-state index in [9.17, 15) is 0 Å². The van der Waals surface area contributed by atoms with E-state index in [1.54, 1.807) is 0 Å². The Morgan fingerprint density at radius 2 is 0.867 bits per heavy atom. The minimum absolute atomic E-state index is 0.132. The second-order valence-electron chi connectivity index (χ2n) is 11.7. The number of benzene rings is 7. The number of fused-ring (bicyclic) bond motifs is 7. The zero-order valence-electron chi connectivity index (χ0n) is 24.7. The van der Waals surface area contributed by atoms with Crippen LogP contribution in [0.3, 0.4) is 0 Å². The summed E-state index contributed by atoms with van der Waals surface area (Å²) < 4.78 is 4.90. The maximum atomic E-state index is 2.45. The smallest absolute Gasteiger partial charge is 0.241 e. The molecule has 0 aliphatic carbocycles. The molecule has 9 rings (SSSR count). The fourth-order valence-electron chi connectivity index (χ4n) is 7.34. The van der Waals surface area contributed by atoms with Gasteiger partial charge in [0.25, 0.3) is 0 Å². The molecule has 2 aromatic heterocycles. The van der Waals surface area contributed by atoms with Gasteiger partial charge in [0.1, 0.15) is 0 Å². The van der Waals surface area contributed by atoms with Crippen LogP contribution in [0.1, 0.15) is 0 Å². The van der Waals surface area contributed by atoms with Gasteiger partial charge in [0.05, 0.1) is 22.1 Å². The molecule has 0 radical (unpaired) electrons. The topological polar surface area (TPSA) is 9.86 Å². The summed E-state index contributed by atoms with van der Waals surface area (Å²) in [5.74, 6) is 0. The second-order valence-corrected chi connectivity index (χ2v) is 11.7. The summed E-state index contributed by atoms with van der Waals surface area (Å²) in [4.78, 5) is 0. The van der Waals surface area contributed by atoms with E-state index in [0.29, 0.717) is 0 Å². The molecule has 9 aromatic rings. The molecular formula is C42H29BN2. The molecule has 0 unspecified atom stereocenters. The van der Waals surface area contributed by atoms with Crippen molar-refractivity contribution < 1.29 is 0 Å². The average Bonchev–Trinajstić information content (AvgIpc) is 3.63. The number of para-hydroxylation sites is 3. The largest absolute Gasteiger partial charge is 0.309 e. The predicted octanol–water partition coefficient (Wildman–Crippen LogP) is 8.40. The van der Waals surface area contributed by atoms with Crippen LogP contribution < -0.4 is 16.4 Å². The van der Waals surface area contributed by atoms with Gasteiger partial charge in [0.15, 0.2) is 0 Å². The summed E-state index contributed by atoms with van der Waals surface area (Å²) in [7, 11) is 0. The van der Waals surface area contributed by atoms with Gasteiger partial charge in [-0.05, 0) is 42.5 Å². The van der Waals surface area contributed by atoms with E-state index in [1.165, 1.54) is 65.7 Å². The maximum Gasteiger partial charge on any atom is 0.241 e. The lowest BCUT2D eigenvalue weighted by Gasteiger charge is -2.17. The van der Waals surface area contributed by atoms with Gasteiger partial charge in [0.2, 0.25) is 6.71 Å². The highest BCUT2D eigenvalue weighted by Gasteiger charge is 2.24. The summed E-state index contributed by atoms with van der Waals surface area (Å²) in [5, 5.41) is 5.07. The Morgan fingerprint density at radius 3 is 1.56 bits per heavy atom. The lowest BCUT2D eigenvalue weighted by Crippen LogP contribution is -2.51. The maximum absolute atomic E-state index is 2.45. The first-order valence-corrected chi connectivity index (χ1v) is 15.6. The molecule has 3 heteroatoms. The van der Waals surface area contributed by atoms with Gasteiger partial charge in [-0.3, -0.25) is 0 Å². The molecule has 0 saturated carbocycles. The van der Waals surface area contributed by atoms with Gasteiger partial charge in [0, 0.05) is 32.9 Å². The van der Waals surface area contributed by atoms with Crippen molar-refractivity contribution in [1.29, 1.82) is 0 Å². The van der Waals surface area contributed by atoms with Crippen molar-refractivity contribution >= 4 is 66.7 Å². The molecule has 0 spiro atoms. The number of rotatable bonds is 5. The van der Waals surface area contributed by atoms with E-state index in [0.717, 1.165) is 5.69 Å². The molecule has 0 bridgehead atoms. The molecule has 45 heavy (non-hydrogen) atoms. The standard InChI is InChI=1S/C42H29BN2/c1-4-15-30(16-5-1)43(31-17-6-2-7-18-31)32-19-14-22-34(29-32)44-39-26-13-11-24-37(39)41-40(44)28-27-36-35-23-10-12-25-38(35)45(42(36)41)33-20-8-3-9-21-33/h1-29H. The molecule has 0 aliphatic heterocycles. The van der Waals surface area contributed by atoms with Crippen LogP contribution in [-0.2, 0) is 0 Å². The van der Waals surface area contributed by atoms with Crippen LogP contribution in [0.5, 0.6) is 0 Å². The van der Waals surface area contributed by atoms with Gasteiger partial charge in [-0.1, -0.05) is 150 Å². The molecule has 0 fully saturated rings. The van der Waals surface area contributed by atoms with Crippen LogP contribution in [0.25, 0.3) is 55.0 Å². The summed E-state index contributed by atoms with van der Waals surface area (Å²) in [6.07, 6.45) is 0.